The molecule has 0 saturated carbocycles. The first-order valence-corrected chi connectivity index (χ1v) is 7.87. The van der Waals surface area contributed by atoms with Crippen LogP contribution in [0.3, 0.4) is 0 Å². The molecule has 0 radical (unpaired) electrons. The van der Waals surface area contributed by atoms with Crippen LogP contribution in [0.4, 0.5) is 17.2 Å². The normalized spacial score (nSPS) is 10.7. The second-order valence-corrected chi connectivity index (χ2v) is 6.08. The number of aromatic nitrogens is 4. The topological polar surface area (TPSA) is 98.8 Å². The number of nitrogens with zero attached hydrogens (tertiary/aromatic N) is 5. The second kappa shape index (κ2) is 6.66. The standard InChI is InChI=1S/C15H12Cl2N6O2/c1-8-5-9(2)22(21-8)15-13(23(24)25)14(18-7-19-15)20-12-4-3-10(16)6-11(12)17/h3-7H,1-2H3,(H,18,19,20). The summed E-state index contributed by atoms with van der Waals surface area (Å²) < 4.78 is 1.41. The Labute approximate surface area is 152 Å². The first-order chi connectivity index (χ1) is 11.9. The van der Waals surface area contributed by atoms with E-state index in [2.05, 4.69) is 20.4 Å². The molecule has 3 rings (SSSR count). The van der Waals surface area contributed by atoms with E-state index in [1.54, 1.807) is 32.0 Å². The largest absolute Gasteiger partial charge is 0.355 e. The van der Waals surface area contributed by atoms with Crippen molar-refractivity contribution in [1.29, 1.82) is 0 Å². The molecule has 0 aliphatic carbocycles. The highest BCUT2D eigenvalue weighted by molar-refractivity contribution is 6.36. The van der Waals surface area contributed by atoms with Crippen LogP contribution in [-0.4, -0.2) is 24.7 Å². The Bertz CT molecular complexity index is 973. The molecule has 1 aromatic carbocycles. The fourth-order valence-corrected chi connectivity index (χ4v) is 2.80. The summed E-state index contributed by atoms with van der Waals surface area (Å²) in [5, 5.41) is 19.5. The number of hydrogen-bond acceptors (Lipinski definition) is 6. The minimum Gasteiger partial charge on any atom is -0.333 e. The molecule has 0 saturated heterocycles. The number of anilines is 2. The molecule has 0 unspecified atom stereocenters. The van der Waals surface area contributed by atoms with Crippen molar-refractivity contribution in [1.82, 2.24) is 19.7 Å². The zero-order valence-corrected chi connectivity index (χ0v) is 14.7. The number of nitro groups is 1. The maximum absolute atomic E-state index is 11.7. The van der Waals surface area contributed by atoms with E-state index in [1.807, 2.05) is 0 Å². The van der Waals surface area contributed by atoms with Crippen LogP contribution in [0.5, 0.6) is 0 Å². The van der Waals surface area contributed by atoms with Crippen molar-refractivity contribution < 1.29 is 4.92 Å². The number of aryl methyl sites for hydroxylation is 2. The molecular weight excluding hydrogens is 367 g/mol. The zero-order valence-electron chi connectivity index (χ0n) is 13.2. The molecule has 128 valence electrons. The minimum atomic E-state index is -0.558. The lowest BCUT2D eigenvalue weighted by molar-refractivity contribution is -0.384. The van der Waals surface area contributed by atoms with Crippen molar-refractivity contribution in [2.24, 2.45) is 0 Å². The van der Waals surface area contributed by atoms with Gasteiger partial charge in [-0.3, -0.25) is 10.1 Å². The van der Waals surface area contributed by atoms with E-state index >= 15 is 0 Å². The van der Waals surface area contributed by atoms with Crippen molar-refractivity contribution in [3.63, 3.8) is 0 Å². The molecule has 0 bridgehead atoms. The van der Waals surface area contributed by atoms with E-state index in [-0.39, 0.29) is 17.3 Å². The second-order valence-electron chi connectivity index (χ2n) is 5.24. The van der Waals surface area contributed by atoms with Gasteiger partial charge < -0.3 is 5.32 Å². The summed E-state index contributed by atoms with van der Waals surface area (Å²) in [5.41, 5.74) is 1.57. The third kappa shape index (κ3) is 3.40. The lowest BCUT2D eigenvalue weighted by atomic mass is 10.3. The summed E-state index contributed by atoms with van der Waals surface area (Å²) in [5.74, 6) is 0.0740. The maximum atomic E-state index is 11.7. The highest BCUT2D eigenvalue weighted by Gasteiger charge is 2.26. The van der Waals surface area contributed by atoms with Crippen LogP contribution < -0.4 is 5.32 Å². The van der Waals surface area contributed by atoms with Gasteiger partial charge in [-0.15, -0.1) is 0 Å². The Hall–Kier alpha value is -2.71. The summed E-state index contributed by atoms with van der Waals surface area (Å²) in [4.78, 5) is 19.1. The Morgan fingerprint density at radius 2 is 1.96 bits per heavy atom. The molecule has 3 aromatic rings. The van der Waals surface area contributed by atoms with Crippen molar-refractivity contribution in [2.75, 3.05) is 5.32 Å². The van der Waals surface area contributed by atoms with Gasteiger partial charge >= 0.3 is 5.69 Å². The van der Waals surface area contributed by atoms with Gasteiger partial charge in [0.1, 0.15) is 6.33 Å². The lowest BCUT2D eigenvalue weighted by Gasteiger charge is -2.10. The maximum Gasteiger partial charge on any atom is 0.355 e. The van der Waals surface area contributed by atoms with Crippen molar-refractivity contribution in [3.05, 3.63) is 62.1 Å². The predicted octanol–water partition coefficient (Wildman–Crippen LogP) is 4.24. The Kier molecular flexibility index (Phi) is 4.56. The van der Waals surface area contributed by atoms with Gasteiger partial charge in [0, 0.05) is 10.7 Å². The Morgan fingerprint density at radius 1 is 1.20 bits per heavy atom. The fourth-order valence-electron chi connectivity index (χ4n) is 2.35. The Morgan fingerprint density at radius 3 is 2.56 bits per heavy atom. The fraction of sp³-hybridized carbons (Fsp3) is 0.133. The van der Waals surface area contributed by atoms with Gasteiger partial charge in [-0.05, 0) is 38.1 Å². The van der Waals surface area contributed by atoms with E-state index < -0.39 is 4.92 Å². The molecule has 2 aromatic heterocycles. The summed E-state index contributed by atoms with van der Waals surface area (Å²) in [6, 6.07) is 6.56. The summed E-state index contributed by atoms with van der Waals surface area (Å²) >= 11 is 12.0. The van der Waals surface area contributed by atoms with Crippen LogP contribution in [0.25, 0.3) is 5.82 Å². The molecule has 2 heterocycles. The molecule has 10 heteroatoms. The molecule has 0 amide bonds. The zero-order chi connectivity index (χ0) is 18.1. The lowest BCUT2D eigenvalue weighted by Crippen LogP contribution is -2.10. The quantitative estimate of drug-likeness (QED) is 0.538. The van der Waals surface area contributed by atoms with Crippen LogP contribution in [-0.2, 0) is 0 Å². The number of benzene rings is 1. The number of nitrogens with one attached hydrogen (secondary N) is 1. The van der Waals surface area contributed by atoms with Gasteiger partial charge in [0.15, 0.2) is 0 Å². The molecule has 0 aliphatic heterocycles. The van der Waals surface area contributed by atoms with E-state index in [9.17, 15) is 10.1 Å². The van der Waals surface area contributed by atoms with E-state index in [0.717, 1.165) is 11.4 Å². The van der Waals surface area contributed by atoms with Gasteiger partial charge in [-0.25, -0.2) is 14.6 Å². The van der Waals surface area contributed by atoms with E-state index in [0.29, 0.717) is 15.7 Å². The SMILES string of the molecule is Cc1cc(C)n(-c2ncnc(Nc3ccc(Cl)cc3Cl)c2[N+](=O)[O-])n1. The molecule has 1 N–H and O–H groups in total. The predicted molar refractivity (Wildman–Crippen MR) is 95.0 cm³/mol. The number of hydrogen-bond donors (Lipinski definition) is 1. The monoisotopic (exact) mass is 378 g/mol. The minimum absolute atomic E-state index is 0.00627. The van der Waals surface area contributed by atoms with Crippen molar-refractivity contribution in [3.8, 4) is 5.82 Å². The average molecular weight is 379 g/mol. The summed E-state index contributed by atoms with van der Waals surface area (Å²) in [6.45, 7) is 3.58. The van der Waals surface area contributed by atoms with Crippen LogP contribution in [0.15, 0.2) is 30.6 Å². The highest BCUT2D eigenvalue weighted by Crippen LogP contribution is 2.33. The first-order valence-electron chi connectivity index (χ1n) is 7.12. The third-order valence-electron chi connectivity index (χ3n) is 3.38. The average Bonchev–Trinajstić information content (AvgIpc) is 2.88. The summed E-state index contributed by atoms with van der Waals surface area (Å²) in [6.07, 6.45) is 1.23. The van der Waals surface area contributed by atoms with Gasteiger partial charge in [0.2, 0.25) is 11.6 Å². The Balaban J connectivity index is 2.13. The van der Waals surface area contributed by atoms with Gasteiger partial charge in [-0.1, -0.05) is 23.2 Å². The molecule has 0 atom stereocenters. The number of halogens is 2. The van der Waals surface area contributed by atoms with Crippen LogP contribution >= 0.6 is 23.2 Å². The molecule has 0 spiro atoms. The van der Waals surface area contributed by atoms with Crippen molar-refractivity contribution >= 4 is 40.4 Å². The van der Waals surface area contributed by atoms with Crippen LogP contribution in [0, 0.1) is 24.0 Å². The van der Waals surface area contributed by atoms with Crippen LogP contribution in [0.1, 0.15) is 11.4 Å². The van der Waals surface area contributed by atoms with Gasteiger partial charge in [0.25, 0.3) is 0 Å². The molecule has 8 nitrogen and oxygen atoms in total. The molecule has 25 heavy (non-hydrogen) atoms. The number of rotatable bonds is 4. The third-order valence-corrected chi connectivity index (χ3v) is 3.93. The smallest absolute Gasteiger partial charge is 0.333 e. The van der Waals surface area contributed by atoms with E-state index in [4.69, 9.17) is 23.2 Å². The highest BCUT2D eigenvalue weighted by atomic mass is 35.5. The molecular formula is C15H12Cl2N6O2. The molecule has 0 fully saturated rings. The van der Waals surface area contributed by atoms with Gasteiger partial charge in [0.05, 0.1) is 21.3 Å². The summed E-state index contributed by atoms with van der Waals surface area (Å²) in [7, 11) is 0. The first kappa shape index (κ1) is 17.1. The molecule has 0 aliphatic rings. The van der Waals surface area contributed by atoms with Crippen LogP contribution in [0.2, 0.25) is 10.0 Å². The van der Waals surface area contributed by atoms with Crippen molar-refractivity contribution in [2.45, 2.75) is 13.8 Å². The van der Waals surface area contributed by atoms with E-state index in [1.165, 1.54) is 17.1 Å². The van der Waals surface area contributed by atoms with Gasteiger partial charge in [-0.2, -0.15) is 5.10 Å².